The second-order valence-electron chi connectivity index (χ2n) is 8.91. The number of ether oxygens (including phenoxy) is 3. The van der Waals surface area contributed by atoms with E-state index in [1.165, 1.54) is 19.2 Å². The molecule has 2 N–H and O–H groups in total. The Morgan fingerprint density at radius 2 is 1.81 bits per heavy atom. The van der Waals surface area contributed by atoms with Crippen LogP contribution in [-0.2, 0) is 10.7 Å². The van der Waals surface area contributed by atoms with Crippen molar-refractivity contribution in [2.45, 2.75) is 45.8 Å². The van der Waals surface area contributed by atoms with E-state index in [2.05, 4.69) is 15.3 Å². The van der Waals surface area contributed by atoms with Crippen LogP contribution in [0.4, 0.5) is 19.0 Å². The summed E-state index contributed by atoms with van der Waals surface area (Å²) in [7, 11) is 3.15. The third-order valence-corrected chi connectivity index (χ3v) is 5.98. The summed E-state index contributed by atoms with van der Waals surface area (Å²) in [5.74, 6) is -2.80. The number of rotatable bonds is 11. The lowest BCUT2D eigenvalue weighted by atomic mass is 10.00. The third-order valence-electron chi connectivity index (χ3n) is 5.98. The summed E-state index contributed by atoms with van der Waals surface area (Å²) in [5.41, 5.74) is -0.289. The molecule has 1 heterocycles. The second kappa shape index (κ2) is 11.3. The highest BCUT2D eigenvalue weighted by Crippen LogP contribution is 2.37. The molecule has 36 heavy (non-hydrogen) atoms. The summed E-state index contributed by atoms with van der Waals surface area (Å²) in [6, 6.07) is 6.41. The summed E-state index contributed by atoms with van der Waals surface area (Å²) >= 11 is 0. The normalized spacial score (nSPS) is 13.6. The largest absolute Gasteiger partial charge is 0.493 e. The summed E-state index contributed by atoms with van der Waals surface area (Å²) in [4.78, 5) is 8.93. The number of aliphatic hydroxyl groups excluding tert-OH is 1. The number of anilines is 1. The standard InChI is InChI=1S/C26H32F3N3O4/c1-14(2)23(35-6)12-36-22-10-18-20(11-21(22)34-5)31-16(4)32-25(18)30-15(3)17-8-7-9-19(24(17)27)26(28,29)13-33/h7-11,14-15,23,33H,12-13H2,1-6H3,(H,30,31,32)/t15-,23?/m1/s1. The number of aryl methyl sites for hydroxylation is 1. The molecule has 0 radical (unpaired) electrons. The predicted octanol–water partition coefficient (Wildman–Crippen LogP) is 5.39. The lowest BCUT2D eigenvalue weighted by Crippen LogP contribution is -2.26. The van der Waals surface area contributed by atoms with Gasteiger partial charge in [0.2, 0.25) is 0 Å². The molecule has 0 spiro atoms. The van der Waals surface area contributed by atoms with Crippen LogP contribution < -0.4 is 14.8 Å². The first-order valence-electron chi connectivity index (χ1n) is 11.6. The molecule has 0 amide bonds. The summed E-state index contributed by atoms with van der Waals surface area (Å²) in [5, 5.41) is 12.7. The van der Waals surface area contributed by atoms with E-state index in [4.69, 9.17) is 19.3 Å². The molecule has 0 aliphatic carbocycles. The molecule has 0 bridgehead atoms. The summed E-state index contributed by atoms with van der Waals surface area (Å²) < 4.78 is 60.1. The SMILES string of the molecule is COc1cc2nc(C)nc(N[C@H](C)c3cccc(C(F)(F)CO)c3F)c2cc1OCC(OC)C(C)C. The van der Waals surface area contributed by atoms with E-state index in [-0.39, 0.29) is 17.6 Å². The van der Waals surface area contributed by atoms with Gasteiger partial charge in [-0.1, -0.05) is 26.0 Å². The molecule has 0 aliphatic rings. The minimum absolute atomic E-state index is 0.00916. The van der Waals surface area contributed by atoms with Crippen molar-refractivity contribution in [1.29, 1.82) is 0 Å². The first-order chi connectivity index (χ1) is 17.0. The molecular formula is C26H32F3N3O4. The van der Waals surface area contributed by atoms with E-state index in [1.54, 1.807) is 33.1 Å². The number of fused-ring (bicyclic) bond motifs is 1. The van der Waals surface area contributed by atoms with Gasteiger partial charge in [-0.2, -0.15) is 8.78 Å². The Kier molecular flexibility index (Phi) is 8.63. The molecule has 0 aliphatic heterocycles. The Balaban J connectivity index is 2.01. The molecule has 2 aromatic carbocycles. The lowest BCUT2D eigenvalue weighted by molar-refractivity contribution is -0.0583. The highest BCUT2D eigenvalue weighted by atomic mass is 19.3. The van der Waals surface area contributed by atoms with E-state index >= 15 is 4.39 Å². The Morgan fingerprint density at radius 1 is 1.08 bits per heavy atom. The van der Waals surface area contributed by atoms with Crippen molar-refractivity contribution in [3.63, 3.8) is 0 Å². The predicted molar refractivity (Wildman–Crippen MR) is 131 cm³/mol. The van der Waals surface area contributed by atoms with Crippen LogP contribution in [0.1, 0.15) is 43.8 Å². The highest BCUT2D eigenvalue weighted by Gasteiger charge is 2.35. The fourth-order valence-corrected chi connectivity index (χ4v) is 3.87. The fraction of sp³-hybridized carbons (Fsp3) is 0.462. The van der Waals surface area contributed by atoms with E-state index < -0.39 is 30.0 Å². The average Bonchev–Trinajstić information content (AvgIpc) is 2.83. The Labute approximate surface area is 208 Å². The zero-order valence-electron chi connectivity index (χ0n) is 21.2. The van der Waals surface area contributed by atoms with Crippen LogP contribution in [0.5, 0.6) is 11.5 Å². The van der Waals surface area contributed by atoms with Crippen molar-refractivity contribution in [2.24, 2.45) is 5.92 Å². The molecule has 1 aromatic heterocycles. The zero-order chi connectivity index (χ0) is 26.6. The van der Waals surface area contributed by atoms with Crippen LogP contribution in [-0.4, -0.2) is 48.6 Å². The molecule has 196 valence electrons. The van der Waals surface area contributed by atoms with Gasteiger partial charge in [-0.15, -0.1) is 0 Å². The zero-order valence-corrected chi connectivity index (χ0v) is 21.2. The minimum atomic E-state index is -3.70. The minimum Gasteiger partial charge on any atom is -0.493 e. The molecule has 3 aromatic rings. The Morgan fingerprint density at radius 3 is 2.42 bits per heavy atom. The quantitative estimate of drug-likeness (QED) is 0.360. The van der Waals surface area contributed by atoms with Crippen LogP contribution in [0.2, 0.25) is 0 Å². The number of aliphatic hydroxyl groups is 1. The van der Waals surface area contributed by atoms with Crippen molar-refractivity contribution in [3.05, 3.63) is 53.1 Å². The van der Waals surface area contributed by atoms with Crippen LogP contribution in [0.15, 0.2) is 30.3 Å². The summed E-state index contributed by atoms with van der Waals surface area (Å²) in [6.45, 7) is 6.20. The maximum atomic E-state index is 15.0. The van der Waals surface area contributed by atoms with Crippen molar-refractivity contribution < 1.29 is 32.5 Å². The molecule has 0 fully saturated rings. The van der Waals surface area contributed by atoms with Crippen LogP contribution in [0.3, 0.4) is 0 Å². The highest BCUT2D eigenvalue weighted by molar-refractivity contribution is 5.92. The molecule has 10 heteroatoms. The van der Waals surface area contributed by atoms with Gasteiger partial charge in [-0.05, 0) is 31.9 Å². The van der Waals surface area contributed by atoms with Gasteiger partial charge in [0.1, 0.15) is 30.7 Å². The van der Waals surface area contributed by atoms with E-state index in [1.807, 2.05) is 13.8 Å². The van der Waals surface area contributed by atoms with Crippen molar-refractivity contribution >= 4 is 16.7 Å². The number of hydrogen-bond donors (Lipinski definition) is 2. The van der Waals surface area contributed by atoms with Crippen LogP contribution in [0, 0.1) is 18.7 Å². The number of benzene rings is 2. The number of methoxy groups -OCH3 is 2. The van der Waals surface area contributed by atoms with E-state index in [0.29, 0.717) is 40.7 Å². The first kappa shape index (κ1) is 27.5. The topological polar surface area (TPSA) is 85.7 Å². The van der Waals surface area contributed by atoms with Crippen LogP contribution >= 0.6 is 0 Å². The van der Waals surface area contributed by atoms with Gasteiger partial charge in [-0.25, -0.2) is 14.4 Å². The molecule has 2 atom stereocenters. The number of nitrogens with zero attached hydrogens (tertiary/aromatic N) is 2. The lowest BCUT2D eigenvalue weighted by Gasteiger charge is -2.22. The summed E-state index contributed by atoms with van der Waals surface area (Å²) in [6.07, 6.45) is -0.135. The second-order valence-corrected chi connectivity index (χ2v) is 8.91. The monoisotopic (exact) mass is 507 g/mol. The van der Waals surface area contributed by atoms with Crippen LogP contribution in [0.25, 0.3) is 10.9 Å². The number of nitrogens with one attached hydrogen (secondary N) is 1. The molecule has 0 saturated carbocycles. The maximum absolute atomic E-state index is 15.0. The third kappa shape index (κ3) is 5.82. The molecule has 7 nitrogen and oxygen atoms in total. The van der Waals surface area contributed by atoms with E-state index in [9.17, 15) is 8.78 Å². The van der Waals surface area contributed by atoms with Gasteiger partial charge in [0.15, 0.2) is 11.5 Å². The van der Waals surface area contributed by atoms with Gasteiger partial charge in [0, 0.05) is 24.1 Å². The van der Waals surface area contributed by atoms with Crippen molar-refractivity contribution in [3.8, 4) is 11.5 Å². The molecule has 3 rings (SSSR count). The molecule has 1 unspecified atom stereocenters. The number of alkyl halides is 2. The fourth-order valence-electron chi connectivity index (χ4n) is 3.87. The van der Waals surface area contributed by atoms with Crippen molar-refractivity contribution in [2.75, 3.05) is 32.8 Å². The number of aromatic nitrogens is 2. The Hall–Kier alpha value is -3.11. The van der Waals surface area contributed by atoms with Gasteiger partial charge in [-0.3, -0.25) is 0 Å². The average molecular weight is 508 g/mol. The van der Waals surface area contributed by atoms with Crippen molar-refractivity contribution in [1.82, 2.24) is 9.97 Å². The Bertz CT molecular complexity index is 1210. The first-order valence-corrected chi connectivity index (χ1v) is 11.6. The van der Waals surface area contributed by atoms with Gasteiger partial charge >= 0.3 is 0 Å². The smallest absolute Gasteiger partial charge is 0.298 e. The number of hydrogen-bond acceptors (Lipinski definition) is 7. The molecular weight excluding hydrogens is 475 g/mol. The van der Waals surface area contributed by atoms with Gasteiger partial charge < -0.3 is 24.6 Å². The molecule has 0 saturated heterocycles. The van der Waals surface area contributed by atoms with E-state index in [0.717, 1.165) is 6.07 Å². The maximum Gasteiger partial charge on any atom is 0.298 e. The van der Waals surface area contributed by atoms with Gasteiger partial charge in [0.05, 0.1) is 30.3 Å². The number of halogens is 3. The van der Waals surface area contributed by atoms with Gasteiger partial charge in [0.25, 0.3) is 5.92 Å².